The second-order valence-electron chi connectivity index (χ2n) is 5.80. The van der Waals surface area contributed by atoms with Gasteiger partial charge in [0.2, 0.25) is 0 Å². The molecule has 2 aromatic heterocycles. The fourth-order valence-electron chi connectivity index (χ4n) is 2.93. The maximum absolute atomic E-state index is 6.29. The highest BCUT2D eigenvalue weighted by Gasteiger charge is 2.24. The number of aryl methyl sites for hydroxylation is 1. The van der Waals surface area contributed by atoms with Crippen LogP contribution in [0.15, 0.2) is 23.7 Å². The van der Waals surface area contributed by atoms with Crippen LogP contribution >= 0.6 is 34.5 Å². The second kappa shape index (κ2) is 6.44. The van der Waals surface area contributed by atoms with Gasteiger partial charge in [-0.15, -0.1) is 21.5 Å². The van der Waals surface area contributed by atoms with E-state index in [0.717, 1.165) is 49.1 Å². The minimum atomic E-state index is 0.658. The molecular formula is C16H15Cl2N5S. The van der Waals surface area contributed by atoms with E-state index in [9.17, 15) is 0 Å². The number of hydrogen-bond donors (Lipinski definition) is 0. The predicted octanol–water partition coefficient (Wildman–Crippen LogP) is 4.03. The third-order valence-corrected chi connectivity index (χ3v) is 5.54. The van der Waals surface area contributed by atoms with E-state index < -0.39 is 0 Å². The maximum Gasteiger partial charge on any atom is 0.183 e. The van der Waals surface area contributed by atoms with Gasteiger partial charge in [-0.05, 0) is 24.6 Å². The molecule has 0 unspecified atom stereocenters. The molecule has 0 aliphatic carbocycles. The molecule has 0 saturated carbocycles. The lowest BCUT2D eigenvalue weighted by molar-refractivity contribution is 0.209. The lowest BCUT2D eigenvalue weighted by Gasteiger charge is -2.28. The van der Waals surface area contributed by atoms with E-state index in [1.807, 2.05) is 17.6 Å². The smallest absolute Gasteiger partial charge is 0.183 e. The monoisotopic (exact) mass is 379 g/mol. The van der Waals surface area contributed by atoms with Gasteiger partial charge in [-0.2, -0.15) is 0 Å². The predicted molar refractivity (Wildman–Crippen MR) is 96.4 cm³/mol. The van der Waals surface area contributed by atoms with E-state index >= 15 is 0 Å². The Hall–Kier alpha value is -1.47. The number of rotatable bonds is 3. The van der Waals surface area contributed by atoms with Crippen molar-refractivity contribution in [2.75, 3.05) is 6.54 Å². The topological polar surface area (TPSA) is 46.8 Å². The number of hydrogen-bond acceptors (Lipinski definition) is 5. The molecular weight excluding hydrogens is 365 g/mol. The molecule has 124 valence electrons. The second-order valence-corrected chi connectivity index (χ2v) is 7.70. The average Bonchev–Trinajstić information content (AvgIpc) is 3.15. The van der Waals surface area contributed by atoms with Gasteiger partial charge in [0.25, 0.3) is 0 Å². The summed E-state index contributed by atoms with van der Waals surface area (Å²) >= 11 is 13.9. The molecule has 24 heavy (non-hydrogen) atoms. The number of aromatic nitrogens is 4. The van der Waals surface area contributed by atoms with Crippen LogP contribution in [0.3, 0.4) is 0 Å². The van der Waals surface area contributed by atoms with Gasteiger partial charge in [0, 0.05) is 34.6 Å². The normalized spacial score (nSPS) is 14.8. The molecule has 1 aromatic carbocycles. The van der Waals surface area contributed by atoms with Gasteiger partial charge in [-0.25, -0.2) is 4.98 Å². The maximum atomic E-state index is 6.29. The standard InChI is InChI=1S/C16H15Cl2N5S/c1-10-15(19-9-24-10)16-21-20-14-8-22(4-5-23(14)16)7-11-2-3-12(17)6-13(11)18/h2-3,6,9H,4-5,7-8H2,1H3. The largest absolute Gasteiger partial charge is 0.307 e. The lowest BCUT2D eigenvalue weighted by Crippen LogP contribution is -2.33. The van der Waals surface area contributed by atoms with Crippen molar-refractivity contribution in [3.8, 4) is 11.5 Å². The fraction of sp³-hybridized carbons (Fsp3) is 0.312. The number of halogens is 2. The van der Waals surface area contributed by atoms with E-state index in [-0.39, 0.29) is 0 Å². The quantitative estimate of drug-likeness (QED) is 0.688. The Morgan fingerprint density at radius 2 is 2.08 bits per heavy atom. The summed E-state index contributed by atoms with van der Waals surface area (Å²) in [6.45, 7) is 5.34. The third-order valence-electron chi connectivity index (χ3n) is 4.20. The SMILES string of the molecule is Cc1scnc1-c1nnc2n1CCN(Cc1ccc(Cl)cc1Cl)C2. The number of thiazole rings is 1. The summed E-state index contributed by atoms with van der Waals surface area (Å²) in [5.41, 5.74) is 3.86. The first-order valence-corrected chi connectivity index (χ1v) is 9.24. The van der Waals surface area contributed by atoms with Crippen LogP contribution in [0.5, 0.6) is 0 Å². The van der Waals surface area contributed by atoms with Crippen molar-refractivity contribution < 1.29 is 0 Å². The van der Waals surface area contributed by atoms with Crippen molar-refractivity contribution in [2.24, 2.45) is 0 Å². The highest BCUT2D eigenvalue weighted by atomic mass is 35.5. The van der Waals surface area contributed by atoms with Gasteiger partial charge < -0.3 is 4.57 Å². The molecule has 0 amide bonds. The van der Waals surface area contributed by atoms with E-state index in [2.05, 4.69) is 31.6 Å². The van der Waals surface area contributed by atoms with Crippen molar-refractivity contribution in [1.82, 2.24) is 24.6 Å². The van der Waals surface area contributed by atoms with Crippen LogP contribution in [0.1, 0.15) is 16.3 Å². The molecule has 0 bridgehead atoms. The van der Waals surface area contributed by atoms with Gasteiger partial charge in [0.1, 0.15) is 11.5 Å². The average molecular weight is 380 g/mol. The minimum Gasteiger partial charge on any atom is -0.307 e. The molecule has 0 N–H and O–H groups in total. The molecule has 4 rings (SSSR count). The van der Waals surface area contributed by atoms with Gasteiger partial charge in [-0.3, -0.25) is 4.90 Å². The van der Waals surface area contributed by atoms with E-state index in [1.54, 1.807) is 17.4 Å². The Labute approximate surface area is 153 Å². The molecule has 0 atom stereocenters. The number of nitrogens with zero attached hydrogens (tertiary/aromatic N) is 5. The highest BCUT2D eigenvalue weighted by molar-refractivity contribution is 7.10. The van der Waals surface area contributed by atoms with Crippen LogP contribution in [-0.4, -0.2) is 31.2 Å². The van der Waals surface area contributed by atoms with E-state index in [1.165, 1.54) is 4.88 Å². The van der Waals surface area contributed by atoms with Gasteiger partial charge in [0.15, 0.2) is 5.82 Å². The zero-order valence-electron chi connectivity index (χ0n) is 13.0. The Morgan fingerprint density at radius 3 is 2.83 bits per heavy atom. The van der Waals surface area contributed by atoms with Crippen LogP contribution < -0.4 is 0 Å². The molecule has 1 aliphatic heterocycles. The first kappa shape index (κ1) is 16.0. The molecule has 1 aliphatic rings. The molecule has 0 saturated heterocycles. The van der Waals surface area contributed by atoms with Crippen molar-refractivity contribution in [3.05, 3.63) is 50.0 Å². The van der Waals surface area contributed by atoms with Gasteiger partial charge >= 0.3 is 0 Å². The fourth-order valence-corrected chi connectivity index (χ4v) is 3.97. The van der Waals surface area contributed by atoms with Gasteiger partial charge in [-0.1, -0.05) is 29.3 Å². The molecule has 0 spiro atoms. The zero-order chi connectivity index (χ0) is 16.7. The van der Waals surface area contributed by atoms with E-state index in [0.29, 0.717) is 10.0 Å². The summed E-state index contributed by atoms with van der Waals surface area (Å²) in [5, 5.41) is 10.1. The first-order chi connectivity index (χ1) is 11.6. The van der Waals surface area contributed by atoms with Crippen LogP contribution in [0.2, 0.25) is 10.0 Å². The first-order valence-electron chi connectivity index (χ1n) is 7.60. The zero-order valence-corrected chi connectivity index (χ0v) is 15.4. The molecule has 3 heterocycles. The van der Waals surface area contributed by atoms with Crippen LogP contribution in [-0.2, 0) is 19.6 Å². The summed E-state index contributed by atoms with van der Waals surface area (Å²) in [4.78, 5) is 7.91. The van der Waals surface area contributed by atoms with Crippen molar-refractivity contribution in [3.63, 3.8) is 0 Å². The van der Waals surface area contributed by atoms with Crippen molar-refractivity contribution in [1.29, 1.82) is 0 Å². The number of fused-ring (bicyclic) bond motifs is 1. The van der Waals surface area contributed by atoms with Crippen LogP contribution in [0, 0.1) is 6.92 Å². The van der Waals surface area contributed by atoms with Gasteiger partial charge in [0.05, 0.1) is 12.1 Å². The Bertz CT molecular complexity index is 888. The summed E-state index contributed by atoms with van der Waals surface area (Å²) in [7, 11) is 0. The summed E-state index contributed by atoms with van der Waals surface area (Å²) < 4.78 is 2.17. The minimum absolute atomic E-state index is 0.658. The molecule has 5 nitrogen and oxygen atoms in total. The summed E-state index contributed by atoms with van der Waals surface area (Å²) in [6.07, 6.45) is 0. The molecule has 0 radical (unpaired) electrons. The van der Waals surface area contributed by atoms with E-state index in [4.69, 9.17) is 23.2 Å². The Kier molecular flexibility index (Phi) is 4.30. The van der Waals surface area contributed by atoms with Crippen LogP contribution in [0.4, 0.5) is 0 Å². The number of benzene rings is 1. The Morgan fingerprint density at radius 1 is 1.21 bits per heavy atom. The molecule has 0 fully saturated rings. The third kappa shape index (κ3) is 2.95. The lowest BCUT2D eigenvalue weighted by atomic mass is 10.2. The summed E-state index contributed by atoms with van der Waals surface area (Å²) in [6, 6.07) is 5.64. The summed E-state index contributed by atoms with van der Waals surface area (Å²) in [5.74, 6) is 1.83. The highest BCUT2D eigenvalue weighted by Crippen LogP contribution is 2.27. The molecule has 8 heteroatoms. The van der Waals surface area contributed by atoms with Crippen molar-refractivity contribution in [2.45, 2.75) is 26.6 Å². The van der Waals surface area contributed by atoms with Crippen LogP contribution in [0.25, 0.3) is 11.5 Å². The molecule has 3 aromatic rings. The van der Waals surface area contributed by atoms with Crippen molar-refractivity contribution >= 4 is 34.5 Å². The Balaban J connectivity index is 1.55.